The van der Waals surface area contributed by atoms with Crippen LogP contribution in [-0.2, 0) is 4.79 Å². The number of para-hydroxylation sites is 1. The Morgan fingerprint density at radius 2 is 2.00 bits per heavy atom. The van der Waals surface area contributed by atoms with Crippen LogP contribution in [0.25, 0.3) is 6.08 Å². The van der Waals surface area contributed by atoms with Gasteiger partial charge in [-0.05, 0) is 42.3 Å². The van der Waals surface area contributed by atoms with Gasteiger partial charge in [0.15, 0.2) is 15.8 Å². The minimum atomic E-state index is -0.120. The summed E-state index contributed by atoms with van der Waals surface area (Å²) in [5.74, 6) is 1.10. The van der Waals surface area contributed by atoms with Crippen molar-refractivity contribution in [2.75, 3.05) is 18.6 Å². The number of thiocarbonyl (C=S) groups is 1. The van der Waals surface area contributed by atoms with Crippen LogP contribution in [0, 0.1) is 6.92 Å². The van der Waals surface area contributed by atoms with Gasteiger partial charge in [0.1, 0.15) is 6.61 Å². The molecule has 0 N–H and O–H groups in total. The van der Waals surface area contributed by atoms with E-state index < -0.39 is 0 Å². The molecule has 6 heteroatoms. The lowest BCUT2D eigenvalue weighted by atomic mass is 10.1. The average Bonchev–Trinajstić information content (AvgIpc) is 2.94. The molecule has 1 aliphatic rings. The Kier molecular flexibility index (Phi) is 5.98. The molecule has 2 aromatic rings. The zero-order valence-electron chi connectivity index (χ0n) is 15.1. The highest BCUT2D eigenvalue weighted by Gasteiger charge is 2.33. The Bertz CT molecular complexity index is 937. The fourth-order valence-electron chi connectivity index (χ4n) is 2.68. The maximum Gasteiger partial charge on any atom is 0.270 e. The Hall–Kier alpha value is -2.57. The Labute approximate surface area is 168 Å². The molecule has 0 atom stereocenters. The van der Waals surface area contributed by atoms with Gasteiger partial charge in [-0.3, -0.25) is 9.69 Å². The van der Waals surface area contributed by atoms with E-state index in [1.165, 1.54) is 11.8 Å². The number of carbonyl (C=O) groups excluding carboxylic acids is 1. The third-order valence-electron chi connectivity index (χ3n) is 3.99. The van der Waals surface area contributed by atoms with E-state index in [9.17, 15) is 4.79 Å². The zero-order chi connectivity index (χ0) is 19.4. The number of carbonyl (C=O) groups is 1. The topological polar surface area (TPSA) is 38.8 Å². The minimum absolute atomic E-state index is 0.120. The lowest BCUT2D eigenvalue weighted by Crippen LogP contribution is -2.28. The van der Waals surface area contributed by atoms with Crippen LogP contribution in [0.1, 0.15) is 11.1 Å². The summed E-state index contributed by atoms with van der Waals surface area (Å²) in [6.45, 7) is 5.99. The van der Waals surface area contributed by atoms with Gasteiger partial charge in [-0.2, -0.15) is 0 Å². The summed E-state index contributed by atoms with van der Waals surface area (Å²) in [7, 11) is 1.58. The van der Waals surface area contributed by atoms with Gasteiger partial charge in [0.25, 0.3) is 5.91 Å². The number of nitrogens with zero attached hydrogens (tertiary/aromatic N) is 1. The van der Waals surface area contributed by atoms with E-state index in [-0.39, 0.29) is 5.91 Å². The van der Waals surface area contributed by atoms with Gasteiger partial charge in [0, 0.05) is 0 Å². The predicted octanol–water partition coefficient (Wildman–Crippen LogP) is 4.97. The molecule has 138 valence electrons. The van der Waals surface area contributed by atoms with E-state index in [0.717, 1.165) is 16.8 Å². The van der Waals surface area contributed by atoms with E-state index >= 15 is 0 Å². The summed E-state index contributed by atoms with van der Waals surface area (Å²) < 4.78 is 11.5. The van der Waals surface area contributed by atoms with Crippen molar-refractivity contribution in [3.05, 3.63) is 71.2 Å². The molecule has 0 bridgehead atoms. The second-order valence-electron chi connectivity index (χ2n) is 5.81. The van der Waals surface area contributed by atoms with Crippen molar-refractivity contribution < 1.29 is 14.3 Å². The van der Waals surface area contributed by atoms with Crippen molar-refractivity contribution in [2.24, 2.45) is 0 Å². The fraction of sp³-hybridized carbons (Fsp3) is 0.143. The maximum atomic E-state index is 12.9. The number of amides is 1. The molecule has 1 saturated heterocycles. The Balaban J connectivity index is 1.90. The van der Waals surface area contributed by atoms with Gasteiger partial charge in [0.05, 0.1) is 17.7 Å². The number of anilines is 1. The molecule has 0 saturated carbocycles. The van der Waals surface area contributed by atoms with Gasteiger partial charge >= 0.3 is 0 Å². The van der Waals surface area contributed by atoms with Gasteiger partial charge in [0.2, 0.25) is 0 Å². The first-order chi connectivity index (χ1) is 13.0. The lowest BCUT2D eigenvalue weighted by molar-refractivity contribution is -0.113. The summed E-state index contributed by atoms with van der Waals surface area (Å²) in [5.41, 5.74) is 2.65. The number of thioether (sulfide) groups is 1. The molecule has 1 amide bonds. The zero-order valence-corrected chi connectivity index (χ0v) is 16.7. The van der Waals surface area contributed by atoms with E-state index in [4.69, 9.17) is 21.7 Å². The quantitative estimate of drug-likeness (QED) is 0.391. The largest absolute Gasteiger partial charge is 0.493 e. The van der Waals surface area contributed by atoms with Gasteiger partial charge < -0.3 is 9.47 Å². The van der Waals surface area contributed by atoms with Crippen molar-refractivity contribution in [3.63, 3.8) is 0 Å². The Morgan fingerprint density at radius 1 is 1.22 bits per heavy atom. The molecule has 0 aromatic heterocycles. The van der Waals surface area contributed by atoms with E-state index in [0.29, 0.717) is 27.3 Å². The first-order valence-corrected chi connectivity index (χ1v) is 9.53. The molecule has 1 aliphatic heterocycles. The van der Waals surface area contributed by atoms with Crippen LogP contribution in [0.4, 0.5) is 5.69 Å². The van der Waals surface area contributed by atoms with Gasteiger partial charge in [-0.1, -0.05) is 60.9 Å². The number of hydrogen-bond donors (Lipinski definition) is 0. The van der Waals surface area contributed by atoms with Crippen LogP contribution in [-0.4, -0.2) is 23.9 Å². The number of benzene rings is 2. The SMILES string of the molecule is C=CCOc1ccc(/C=C2\SC(=S)N(c3ccccc3C)C2=O)cc1OC. The molecule has 0 radical (unpaired) electrons. The van der Waals surface area contributed by atoms with Crippen molar-refractivity contribution in [1.82, 2.24) is 0 Å². The molecule has 3 rings (SSSR count). The average molecular weight is 398 g/mol. The number of ether oxygens (including phenoxy) is 2. The van der Waals surface area contributed by atoms with Crippen LogP contribution in [0.15, 0.2) is 60.0 Å². The molecule has 1 heterocycles. The predicted molar refractivity (Wildman–Crippen MR) is 116 cm³/mol. The van der Waals surface area contributed by atoms with Gasteiger partial charge in [-0.25, -0.2) is 0 Å². The second-order valence-corrected chi connectivity index (χ2v) is 7.49. The summed E-state index contributed by atoms with van der Waals surface area (Å²) in [5, 5.41) is 0. The molecule has 4 nitrogen and oxygen atoms in total. The van der Waals surface area contributed by atoms with Gasteiger partial charge in [-0.15, -0.1) is 0 Å². The van der Waals surface area contributed by atoms with E-state index in [1.54, 1.807) is 18.1 Å². The molecule has 0 spiro atoms. The van der Waals surface area contributed by atoms with E-state index in [2.05, 4.69) is 6.58 Å². The van der Waals surface area contributed by atoms with Crippen LogP contribution < -0.4 is 14.4 Å². The standard InChI is InChI=1S/C21H19NO3S2/c1-4-11-25-17-10-9-15(12-18(17)24-3)13-19-20(23)22(21(26)27-19)16-8-6-5-7-14(16)2/h4-10,12-13H,1,11H2,2-3H3/b19-13-. The number of aryl methyl sites for hydroxylation is 1. The summed E-state index contributed by atoms with van der Waals surface area (Å²) in [6, 6.07) is 13.2. The highest BCUT2D eigenvalue weighted by Crippen LogP contribution is 2.38. The van der Waals surface area contributed by atoms with Crippen molar-refractivity contribution in [2.45, 2.75) is 6.92 Å². The third kappa shape index (κ3) is 4.07. The normalized spacial score (nSPS) is 15.3. The van der Waals surface area contributed by atoms with Crippen LogP contribution in [0.2, 0.25) is 0 Å². The lowest BCUT2D eigenvalue weighted by Gasteiger charge is -2.16. The molecular formula is C21H19NO3S2. The fourth-order valence-corrected chi connectivity index (χ4v) is 3.97. The van der Waals surface area contributed by atoms with E-state index in [1.807, 2.05) is 55.5 Å². The Morgan fingerprint density at radius 3 is 2.70 bits per heavy atom. The molecular weight excluding hydrogens is 378 g/mol. The maximum absolute atomic E-state index is 12.9. The number of methoxy groups -OCH3 is 1. The minimum Gasteiger partial charge on any atom is -0.493 e. The highest BCUT2D eigenvalue weighted by atomic mass is 32.2. The molecule has 1 fully saturated rings. The summed E-state index contributed by atoms with van der Waals surface area (Å²) in [4.78, 5) is 15.1. The van der Waals surface area contributed by atoms with Crippen molar-refractivity contribution in [3.8, 4) is 11.5 Å². The smallest absolute Gasteiger partial charge is 0.270 e. The first kappa shape index (κ1) is 19.2. The molecule has 0 aliphatic carbocycles. The van der Waals surface area contributed by atoms with Crippen LogP contribution in [0.3, 0.4) is 0 Å². The van der Waals surface area contributed by atoms with Crippen molar-refractivity contribution in [1.29, 1.82) is 0 Å². The van der Waals surface area contributed by atoms with Crippen LogP contribution >= 0.6 is 24.0 Å². The third-order valence-corrected chi connectivity index (χ3v) is 5.29. The molecule has 2 aromatic carbocycles. The molecule has 27 heavy (non-hydrogen) atoms. The number of rotatable bonds is 6. The summed E-state index contributed by atoms with van der Waals surface area (Å²) >= 11 is 6.74. The number of hydrogen-bond acceptors (Lipinski definition) is 5. The first-order valence-electron chi connectivity index (χ1n) is 8.30. The highest BCUT2D eigenvalue weighted by molar-refractivity contribution is 8.27. The molecule has 0 unspecified atom stereocenters. The monoisotopic (exact) mass is 397 g/mol. The summed E-state index contributed by atoms with van der Waals surface area (Å²) in [6.07, 6.45) is 3.49. The van der Waals surface area contributed by atoms with Crippen LogP contribution in [0.5, 0.6) is 11.5 Å². The van der Waals surface area contributed by atoms with Crippen molar-refractivity contribution >= 4 is 46.0 Å². The second kappa shape index (κ2) is 8.41.